The first-order chi connectivity index (χ1) is 15.7. The van der Waals surface area contributed by atoms with Crippen molar-refractivity contribution in [3.05, 3.63) is 77.6 Å². The number of hydrogen-bond acceptors (Lipinski definition) is 4. The summed E-state index contributed by atoms with van der Waals surface area (Å²) < 4.78 is 12.9. The second kappa shape index (κ2) is 14.5. The van der Waals surface area contributed by atoms with E-state index in [9.17, 15) is 0 Å². The molecule has 0 spiro atoms. The van der Waals surface area contributed by atoms with Gasteiger partial charge in [-0.3, -0.25) is 4.99 Å². The van der Waals surface area contributed by atoms with Crippen molar-refractivity contribution in [2.45, 2.75) is 26.3 Å². The molecule has 3 rings (SSSR count). The molecule has 0 unspecified atom stereocenters. The number of nitrogens with one attached hydrogen (secondary N) is 2. The van der Waals surface area contributed by atoms with E-state index in [1.54, 1.807) is 20.4 Å². The molecule has 0 saturated carbocycles. The number of benzene rings is 2. The van der Waals surface area contributed by atoms with Gasteiger partial charge in [-0.05, 0) is 48.7 Å². The quantitative estimate of drug-likeness (QED) is 0.159. The Balaban J connectivity index is 0.00000385. The lowest BCUT2D eigenvalue weighted by Crippen LogP contribution is -2.37. The molecule has 1 heterocycles. The van der Waals surface area contributed by atoms with Crippen molar-refractivity contribution in [2.75, 3.05) is 33.9 Å². The summed E-state index contributed by atoms with van der Waals surface area (Å²) in [7, 11) is 3.49. The van der Waals surface area contributed by atoms with Crippen molar-refractivity contribution >= 4 is 29.9 Å². The fraction of sp³-hybridized carbons (Fsp3) is 0.360. The van der Waals surface area contributed by atoms with Crippen LogP contribution in [-0.4, -0.2) is 49.7 Å². The van der Waals surface area contributed by atoms with E-state index in [0.29, 0.717) is 19.8 Å². The molecule has 33 heavy (non-hydrogen) atoms. The third-order valence-electron chi connectivity index (χ3n) is 5.05. The van der Waals surface area contributed by atoms with Crippen LogP contribution in [-0.2, 0) is 17.7 Å². The molecular formula is C25H34IN5O2. The molecule has 0 atom stereocenters. The smallest absolute Gasteiger partial charge is 0.191 e. The molecule has 1 aromatic heterocycles. The lowest BCUT2D eigenvalue weighted by atomic mass is 10.1. The highest BCUT2D eigenvalue weighted by Gasteiger charge is 2.06. The van der Waals surface area contributed by atoms with Crippen LogP contribution >= 0.6 is 24.0 Å². The van der Waals surface area contributed by atoms with Gasteiger partial charge in [0.05, 0.1) is 12.3 Å². The lowest BCUT2D eigenvalue weighted by molar-refractivity contribution is 0.172. The standard InChI is InChI=1S/C25H33N5O2.HI/c1-20-6-9-22(24(18-20)32-17-5-16-31-3)19-28-25(26-2)27-14-12-21-7-10-23(11-8-21)30-15-4-13-29-30;/h4,6-11,13,15,18H,5,12,14,16-17,19H2,1-3H3,(H2,26,27,28);1H. The van der Waals surface area contributed by atoms with Crippen LogP contribution in [0.4, 0.5) is 0 Å². The molecule has 0 fully saturated rings. The molecule has 178 valence electrons. The average molecular weight is 563 g/mol. The minimum Gasteiger partial charge on any atom is -0.493 e. The predicted molar refractivity (Wildman–Crippen MR) is 144 cm³/mol. The molecule has 7 nitrogen and oxygen atoms in total. The first kappa shape index (κ1) is 26.7. The van der Waals surface area contributed by atoms with Gasteiger partial charge in [-0.2, -0.15) is 5.10 Å². The van der Waals surface area contributed by atoms with E-state index >= 15 is 0 Å². The first-order valence-corrected chi connectivity index (χ1v) is 10.9. The van der Waals surface area contributed by atoms with E-state index in [1.807, 2.05) is 16.9 Å². The van der Waals surface area contributed by atoms with Crippen LogP contribution in [0.3, 0.4) is 0 Å². The Bertz CT molecular complexity index is 975. The summed E-state index contributed by atoms with van der Waals surface area (Å²) >= 11 is 0. The van der Waals surface area contributed by atoms with Gasteiger partial charge in [-0.25, -0.2) is 4.68 Å². The summed E-state index contributed by atoms with van der Waals surface area (Å²) in [6, 6.07) is 16.6. The minimum absolute atomic E-state index is 0. The van der Waals surface area contributed by atoms with Crippen molar-refractivity contribution in [2.24, 2.45) is 4.99 Å². The van der Waals surface area contributed by atoms with Gasteiger partial charge in [0, 0.05) is 58.2 Å². The van der Waals surface area contributed by atoms with Crippen molar-refractivity contribution in [3.8, 4) is 11.4 Å². The van der Waals surface area contributed by atoms with Gasteiger partial charge < -0.3 is 20.1 Å². The number of aromatic nitrogens is 2. The number of hydrogen-bond donors (Lipinski definition) is 2. The molecule has 0 aliphatic rings. The average Bonchev–Trinajstić information content (AvgIpc) is 3.35. The number of ether oxygens (including phenoxy) is 2. The van der Waals surface area contributed by atoms with Crippen molar-refractivity contribution < 1.29 is 9.47 Å². The van der Waals surface area contributed by atoms with Gasteiger partial charge in [0.25, 0.3) is 0 Å². The maximum atomic E-state index is 5.97. The molecule has 0 bridgehead atoms. The molecule has 0 radical (unpaired) electrons. The first-order valence-electron chi connectivity index (χ1n) is 10.9. The SMILES string of the molecule is CN=C(NCCc1ccc(-n2cccn2)cc1)NCc1ccc(C)cc1OCCCOC.I. The zero-order chi connectivity index (χ0) is 22.6. The molecular weight excluding hydrogens is 529 g/mol. The third kappa shape index (κ3) is 8.70. The van der Waals surface area contributed by atoms with Crippen LogP contribution in [0.15, 0.2) is 65.9 Å². The Kier molecular flexibility index (Phi) is 11.7. The Morgan fingerprint density at radius 1 is 1.09 bits per heavy atom. The molecule has 3 aromatic rings. The van der Waals surface area contributed by atoms with Gasteiger partial charge >= 0.3 is 0 Å². The van der Waals surface area contributed by atoms with Crippen LogP contribution in [0.5, 0.6) is 5.75 Å². The second-order valence-corrected chi connectivity index (χ2v) is 7.53. The van der Waals surface area contributed by atoms with Crippen LogP contribution in [0.2, 0.25) is 0 Å². The number of aryl methyl sites for hydroxylation is 1. The normalized spacial score (nSPS) is 11.1. The molecule has 0 aliphatic carbocycles. The van der Waals surface area contributed by atoms with Gasteiger partial charge in [0.15, 0.2) is 5.96 Å². The van der Waals surface area contributed by atoms with E-state index < -0.39 is 0 Å². The van der Waals surface area contributed by atoms with Crippen LogP contribution in [0.25, 0.3) is 5.69 Å². The summed E-state index contributed by atoms with van der Waals surface area (Å²) in [4.78, 5) is 4.34. The van der Waals surface area contributed by atoms with Crippen LogP contribution < -0.4 is 15.4 Å². The van der Waals surface area contributed by atoms with E-state index in [1.165, 1.54) is 11.1 Å². The van der Waals surface area contributed by atoms with Crippen molar-refractivity contribution in [3.63, 3.8) is 0 Å². The molecule has 2 N–H and O–H groups in total. The zero-order valence-electron chi connectivity index (χ0n) is 19.6. The Hall–Kier alpha value is -2.59. The number of methoxy groups -OCH3 is 1. The number of halogens is 1. The second-order valence-electron chi connectivity index (χ2n) is 7.53. The summed E-state index contributed by atoms with van der Waals surface area (Å²) in [5.74, 6) is 1.67. The fourth-order valence-electron chi connectivity index (χ4n) is 3.29. The van der Waals surface area contributed by atoms with Crippen LogP contribution in [0.1, 0.15) is 23.1 Å². The largest absolute Gasteiger partial charge is 0.493 e. The molecule has 0 saturated heterocycles. The highest BCUT2D eigenvalue weighted by molar-refractivity contribution is 14.0. The number of aliphatic imine (C=N–C) groups is 1. The van der Waals surface area contributed by atoms with Crippen molar-refractivity contribution in [1.29, 1.82) is 0 Å². The van der Waals surface area contributed by atoms with Gasteiger partial charge in [0.2, 0.25) is 0 Å². The maximum Gasteiger partial charge on any atom is 0.191 e. The van der Waals surface area contributed by atoms with Gasteiger partial charge in [-0.1, -0.05) is 24.3 Å². The van der Waals surface area contributed by atoms with E-state index in [0.717, 1.165) is 42.3 Å². The third-order valence-corrected chi connectivity index (χ3v) is 5.05. The minimum atomic E-state index is 0. The summed E-state index contributed by atoms with van der Waals surface area (Å²) in [5, 5.41) is 11.0. The van der Waals surface area contributed by atoms with Gasteiger partial charge in [0.1, 0.15) is 5.75 Å². The Morgan fingerprint density at radius 3 is 2.61 bits per heavy atom. The highest BCUT2D eigenvalue weighted by Crippen LogP contribution is 2.20. The molecule has 2 aromatic carbocycles. The monoisotopic (exact) mass is 563 g/mol. The summed E-state index contributed by atoms with van der Waals surface area (Å²) in [5.41, 5.74) is 4.60. The highest BCUT2D eigenvalue weighted by atomic mass is 127. The summed E-state index contributed by atoms with van der Waals surface area (Å²) in [6.07, 6.45) is 5.49. The summed E-state index contributed by atoms with van der Waals surface area (Å²) in [6.45, 7) is 4.83. The Morgan fingerprint density at radius 2 is 1.91 bits per heavy atom. The topological polar surface area (TPSA) is 72.7 Å². The van der Waals surface area contributed by atoms with Crippen molar-refractivity contribution in [1.82, 2.24) is 20.4 Å². The predicted octanol–water partition coefficient (Wildman–Crippen LogP) is 4.12. The number of rotatable bonds is 11. The molecule has 8 heteroatoms. The fourth-order valence-corrected chi connectivity index (χ4v) is 3.29. The lowest BCUT2D eigenvalue weighted by Gasteiger charge is -2.15. The molecule has 0 amide bonds. The molecule has 0 aliphatic heterocycles. The zero-order valence-corrected chi connectivity index (χ0v) is 21.9. The van der Waals surface area contributed by atoms with Gasteiger partial charge in [-0.15, -0.1) is 24.0 Å². The van der Waals surface area contributed by atoms with Crippen LogP contribution in [0, 0.1) is 6.92 Å². The Labute approximate surface area is 213 Å². The number of guanidine groups is 1. The number of nitrogens with zero attached hydrogens (tertiary/aromatic N) is 3. The van der Waals surface area contributed by atoms with E-state index in [-0.39, 0.29) is 24.0 Å². The van der Waals surface area contributed by atoms with E-state index in [4.69, 9.17) is 9.47 Å². The van der Waals surface area contributed by atoms with E-state index in [2.05, 4.69) is 70.1 Å². The maximum absolute atomic E-state index is 5.97.